The Morgan fingerprint density at radius 1 is 1.41 bits per heavy atom. The summed E-state index contributed by atoms with van der Waals surface area (Å²) in [6.07, 6.45) is 3.90. The lowest BCUT2D eigenvalue weighted by molar-refractivity contribution is -0.384. The predicted molar refractivity (Wildman–Crippen MR) is 68.0 cm³/mol. The maximum atomic E-state index is 11.5. The molecule has 0 bridgehead atoms. The number of hydrogen-bond acceptors (Lipinski definition) is 4. The summed E-state index contributed by atoms with van der Waals surface area (Å²) < 4.78 is 0. The van der Waals surface area contributed by atoms with Gasteiger partial charge in [-0.3, -0.25) is 14.9 Å². The zero-order chi connectivity index (χ0) is 12.7. The molecule has 0 N–H and O–H groups in total. The minimum atomic E-state index is -0.458. The van der Waals surface area contributed by atoms with E-state index in [0.29, 0.717) is 6.42 Å². The number of nitro benzene ring substituents is 1. The fourth-order valence-electron chi connectivity index (χ4n) is 1.21. The van der Waals surface area contributed by atoms with E-state index in [-0.39, 0.29) is 10.8 Å². The maximum Gasteiger partial charge on any atom is 0.269 e. The standard InChI is InChI=1S/C12H13NO3S/c1-2-3-4-5-12(14)17-11-8-6-10(7-9-11)13(15)16/h2,6-9H,1,3-5H2. The molecule has 4 nitrogen and oxygen atoms in total. The van der Waals surface area contributed by atoms with E-state index in [0.717, 1.165) is 29.5 Å². The summed E-state index contributed by atoms with van der Waals surface area (Å²) >= 11 is 1.12. The van der Waals surface area contributed by atoms with E-state index in [4.69, 9.17) is 0 Å². The highest BCUT2D eigenvalue weighted by molar-refractivity contribution is 8.13. The molecule has 1 aromatic rings. The Morgan fingerprint density at radius 3 is 2.59 bits per heavy atom. The minimum Gasteiger partial charge on any atom is -0.287 e. The van der Waals surface area contributed by atoms with Crippen LogP contribution in [-0.4, -0.2) is 10.0 Å². The fourth-order valence-corrected chi connectivity index (χ4v) is 1.99. The van der Waals surface area contributed by atoms with E-state index in [1.54, 1.807) is 18.2 Å². The number of rotatable bonds is 6. The van der Waals surface area contributed by atoms with Crippen molar-refractivity contribution in [2.75, 3.05) is 0 Å². The Kier molecular flexibility index (Phi) is 5.42. The molecule has 1 aromatic carbocycles. The monoisotopic (exact) mass is 251 g/mol. The lowest BCUT2D eigenvalue weighted by Gasteiger charge is -1.99. The quantitative estimate of drug-likeness (QED) is 0.255. The van der Waals surface area contributed by atoms with Gasteiger partial charge in [0.05, 0.1) is 4.92 Å². The lowest BCUT2D eigenvalue weighted by Crippen LogP contribution is -1.91. The number of hydrogen-bond donors (Lipinski definition) is 0. The van der Waals surface area contributed by atoms with Crippen molar-refractivity contribution < 1.29 is 9.72 Å². The number of nitrogens with zero attached hydrogens (tertiary/aromatic N) is 1. The van der Waals surface area contributed by atoms with Crippen LogP contribution in [0, 0.1) is 10.1 Å². The summed E-state index contributed by atoms with van der Waals surface area (Å²) in [6, 6.07) is 5.99. The number of nitro groups is 1. The van der Waals surface area contributed by atoms with Crippen molar-refractivity contribution in [3.05, 3.63) is 47.0 Å². The minimum absolute atomic E-state index is 0.0356. The fraction of sp³-hybridized carbons (Fsp3) is 0.250. The van der Waals surface area contributed by atoms with E-state index in [1.807, 2.05) is 0 Å². The van der Waals surface area contributed by atoms with Gasteiger partial charge in [0.15, 0.2) is 5.12 Å². The SMILES string of the molecule is C=CCCCC(=O)Sc1ccc([N+](=O)[O-])cc1. The molecule has 0 aromatic heterocycles. The van der Waals surface area contributed by atoms with Crippen molar-refractivity contribution in [1.82, 2.24) is 0 Å². The Balaban J connectivity index is 2.48. The molecule has 0 aliphatic carbocycles. The largest absolute Gasteiger partial charge is 0.287 e. The molecule has 0 saturated heterocycles. The van der Waals surface area contributed by atoms with Crippen LogP contribution in [0.3, 0.4) is 0 Å². The van der Waals surface area contributed by atoms with Crippen molar-refractivity contribution in [2.45, 2.75) is 24.2 Å². The second-order valence-corrected chi connectivity index (χ2v) is 4.54. The molecule has 0 amide bonds. The first-order valence-electron chi connectivity index (χ1n) is 5.19. The second kappa shape index (κ2) is 6.85. The molecule has 0 fully saturated rings. The molecular formula is C12H13NO3S. The molecule has 5 heteroatoms. The summed E-state index contributed by atoms with van der Waals surface area (Å²) in [4.78, 5) is 22.2. The Labute approximate surface area is 104 Å². The highest BCUT2D eigenvalue weighted by atomic mass is 32.2. The highest BCUT2D eigenvalue weighted by Gasteiger charge is 2.07. The Bertz CT molecular complexity index is 414. The molecule has 0 aliphatic heterocycles. The van der Waals surface area contributed by atoms with Crippen LogP contribution in [0.25, 0.3) is 0 Å². The molecular weight excluding hydrogens is 238 g/mol. The average molecular weight is 251 g/mol. The van der Waals surface area contributed by atoms with Crippen molar-refractivity contribution in [3.8, 4) is 0 Å². The zero-order valence-electron chi connectivity index (χ0n) is 9.30. The maximum absolute atomic E-state index is 11.5. The topological polar surface area (TPSA) is 60.2 Å². The Morgan fingerprint density at radius 2 is 2.06 bits per heavy atom. The molecule has 1 rings (SSSR count). The normalized spacial score (nSPS) is 9.88. The third-order valence-corrected chi connectivity index (χ3v) is 3.01. The van der Waals surface area contributed by atoms with Crippen LogP contribution in [0.5, 0.6) is 0 Å². The lowest BCUT2D eigenvalue weighted by atomic mass is 10.2. The van der Waals surface area contributed by atoms with Gasteiger partial charge in [0, 0.05) is 23.4 Å². The van der Waals surface area contributed by atoms with Crippen LogP contribution in [-0.2, 0) is 4.79 Å². The van der Waals surface area contributed by atoms with E-state index in [2.05, 4.69) is 6.58 Å². The third-order valence-electron chi connectivity index (χ3n) is 2.07. The molecule has 17 heavy (non-hydrogen) atoms. The summed E-state index contributed by atoms with van der Waals surface area (Å²) in [5.41, 5.74) is 0.0356. The average Bonchev–Trinajstić information content (AvgIpc) is 2.30. The van der Waals surface area contributed by atoms with Gasteiger partial charge in [0.2, 0.25) is 0 Å². The van der Waals surface area contributed by atoms with Gasteiger partial charge in [-0.15, -0.1) is 6.58 Å². The van der Waals surface area contributed by atoms with E-state index >= 15 is 0 Å². The molecule has 0 spiro atoms. The van der Waals surface area contributed by atoms with Crippen LogP contribution in [0.1, 0.15) is 19.3 Å². The first-order valence-corrected chi connectivity index (χ1v) is 6.01. The summed E-state index contributed by atoms with van der Waals surface area (Å²) in [6.45, 7) is 3.59. The summed E-state index contributed by atoms with van der Waals surface area (Å²) in [5, 5.41) is 10.5. The van der Waals surface area contributed by atoms with Crippen molar-refractivity contribution >= 4 is 22.6 Å². The van der Waals surface area contributed by atoms with Crippen molar-refractivity contribution in [3.63, 3.8) is 0 Å². The molecule has 0 saturated carbocycles. The smallest absolute Gasteiger partial charge is 0.269 e. The molecule has 0 aliphatic rings. The van der Waals surface area contributed by atoms with E-state index in [1.165, 1.54) is 12.1 Å². The number of carbonyl (C=O) groups is 1. The number of allylic oxidation sites excluding steroid dienone is 1. The number of carbonyl (C=O) groups excluding carboxylic acids is 1. The van der Waals surface area contributed by atoms with Crippen molar-refractivity contribution in [1.29, 1.82) is 0 Å². The third kappa shape index (κ3) is 4.82. The molecule has 0 heterocycles. The van der Waals surface area contributed by atoms with E-state index in [9.17, 15) is 14.9 Å². The van der Waals surface area contributed by atoms with Gasteiger partial charge in [-0.2, -0.15) is 0 Å². The van der Waals surface area contributed by atoms with Crippen LogP contribution >= 0.6 is 11.8 Å². The predicted octanol–water partition coefficient (Wildman–Crippen LogP) is 3.57. The Hall–Kier alpha value is -1.62. The molecule has 0 atom stereocenters. The molecule has 90 valence electrons. The highest BCUT2D eigenvalue weighted by Crippen LogP contribution is 2.23. The van der Waals surface area contributed by atoms with Crippen LogP contribution in [0.15, 0.2) is 41.8 Å². The number of non-ortho nitro benzene ring substituents is 1. The first kappa shape index (κ1) is 13.4. The summed E-state index contributed by atoms with van der Waals surface area (Å²) in [7, 11) is 0. The van der Waals surface area contributed by atoms with Crippen LogP contribution < -0.4 is 0 Å². The van der Waals surface area contributed by atoms with Gasteiger partial charge < -0.3 is 0 Å². The van der Waals surface area contributed by atoms with Crippen LogP contribution in [0.4, 0.5) is 5.69 Å². The van der Waals surface area contributed by atoms with Gasteiger partial charge >= 0.3 is 0 Å². The zero-order valence-corrected chi connectivity index (χ0v) is 10.1. The molecule has 0 radical (unpaired) electrons. The molecule has 0 unspecified atom stereocenters. The summed E-state index contributed by atoms with van der Waals surface area (Å²) in [5.74, 6) is 0. The first-order chi connectivity index (χ1) is 8.13. The number of unbranched alkanes of at least 4 members (excludes halogenated alkanes) is 1. The van der Waals surface area contributed by atoms with Gasteiger partial charge in [0.25, 0.3) is 5.69 Å². The van der Waals surface area contributed by atoms with Gasteiger partial charge in [-0.05, 0) is 25.0 Å². The van der Waals surface area contributed by atoms with Crippen molar-refractivity contribution in [2.24, 2.45) is 0 Å². The van der Waals surface area contributed by atoms with E-state index < -0.39 is 4.92 Å². The number of thioether (sulfide) groups is 1. The van der Waals surface area contributed by atoms with Gasteiger partial charge in [-0.25, -0.2) is 0 Å². The number of benzene rings is 1. The van der Waals surface area contributed by atoms with Crippen LogP contribution in [0.2, 0.25) is 0 Å². The van der Waals surface area contributed by atoms with Gasteiger partial charge in [-0.1, -0.05) is 17.8 Å². The van der Waals surface area contributed by atoms with Gasteiger partial charge in [0.1, 0.15) is 0 Å². The second-order valence-electron chi connectivity index (χ2n) is 3.41.